The Hall–Kier alpha value is -2.33. The van der Waals surface area contributed by atoms with Gasteiger partial charge >= 0.3 is 0 Å². The number of hydrogen-bond donors (Lipinski definition) is 0. The van der Waals surface area contributed by atoms with Gasteiger partial charge in [-0.25, -0.2) is 0 Å². The molecule has 2 aromatic rings. The lowest BCUT2D eigenvalue weighted by molar-refractivity contribution is 0.0535. The van der Waals surface area contributed by atoms with Crippen molar-refractivity contribution >= 4 is 23.4 Å². The highest BCUT2D eigenvalue weighted by Crippen LogP contribution is 2.23. The molecule has 5 heteroatoms. The zero-order valence-corrected chi connectivity index (χ0v) is 16.8. The Morgan fingerprint density at radius 3 is 1.85 bits per heavy atom. The highest BCUT2D eigenvalue weighted by molar-refractivity contribution is 6.33. The van der Waals surface area contributed by atoms with Crippen LogP contribution in [0.25, 0.3) is 0 Å². The van der Waals surface area contributed by atoms with Crippen molar-refractivity contribution in [2.45, 2.75) is 26.2 Å². The van der Waals surface area contributed by atoms with Crippen molar-refractivity contribution in [3.8, 4) is 0 Å². The summed E-state index contributed by atoms with van der Waals surface area (Å²) in [6, 6.07) is 14.9. The van der Waals surface area contributed by atoms with Gasteiger partial charge in [-0.05, 0) is 35.2 Å². The van der Waals surface area contributed by atoms with E-state index in [4.69, 9.17) is 11.6 Å². The van der Waals surface area contributed by atoms with Crippen LogP contribution in [-0.2, 0) is 5.41 Å². The lowest BCUT2D eigenvalue weighted by Gasteiger charge is -2.35. The summed E-state index contributed by atoms with van der Waals surface area (Å²) in [5.41, 5.74) is 2.46. The van der Waals surface area contributed by atoms with E-state index in [1.165, 1.54) is 5.56 Å². The molecule has 0 saturated carbocycles. The number of nitrogens with zero attached hydrogens (tertiary/aromatic N) is 2. The fourth-order valence-corrected chi connectivity index (χ4v) is 3.43. The monoisotopic (exact) mass is 384 g/mol. The molecule has 142 valence electrons. The first kappa shape index (κ1) is 19.4. The predicted molar refractivity (Wildman–Crippen MR) is 108 cm³/mol. The summed E-state index contributed by atoms with van der Waals surface area (Å²) in [5, 5.41) is 0.458. The average Bonchev–Trinajstić information content (AvgIpc) is 2.67. The number of piperazine rings is 1. The molecular formula is C22H25ClN2O2. The predicted octanol–water partition coefficient (Wildman–Crippen LogP) is 4.24. The molecule has 0 aliphatic carbocycles. The Kier molecular flexibility index (Phi) is 5.56. The number of benzene rings is 2. The standard InChI is InChI=1S/C22H25ClN2O2/c1-22(2,3)17-10-8-16(9-11-17)20(26)24-12-14-25(15-13-24)21(27)18-6-4-5-7-19(18)23/h4-11H,12-15H2,1-3H3. The average molecular weight is 385 g/mol. The molecule has 1 aliphatic rings. The van der Waals surface area contributed by atoms with Crippen molar-refractivity contribution in [2.75, 3.05) is 26.2 Å². The van der Waals surface area contributed by atoms with E-state index in [9.17, 15) is 9.59 Å². The molecule has 0 spiro atoms. The van der Waals surface area contributed by atoms with E-state index in [2.05, 4.69) is 20.8 Å². The lowest BCUT2D eigenvalue weighted by atomic mass is 9.86. The van der Waals surface area contributed by atoms with Crippen LogP contribution in [-0.4, -0.2) is 47.8 Å². The molecule has 1 heterocycles. The topological polar surface area (TPSA) is 40.6 Å². The number of amides is 2. The maximum Gasteiger partial charge on any atom is 0.255 e. The van der Waals surface area contributed by atoms with Gasteiger partial charge in [0, 0.05) is 31.7 Å². The normalized spacial score (nSPS) is 15.0. The van der Waals surface area contributed by atoms with E-state index in [0.717, 1.165) is 0 Å². The van der Waals surface area contributed by atoms with Crippen LogP contribution in [0.4, 0.5) is 0 Å². The van der Waals surface area contributed by atoms with Crippen LogP contribution in [0.1, 0.15) is 47.1 Å². The van der Waals surface area contributed by atoms with Gasteiger partial charge in [0.2, 0.25) is 0 Å². The summed E-state index contributed by atoms with van der Waals surface area (Å²) >= 11 is 6.13. The zero-order valence-electron chi connectivity index (χ0n) is 16.0. The first-order chi connectivity index (χ1) is 12.8. The summed E-state index contributed by atoms with van der Waals surface area (Å²) in [4.78, 5) is 29.0. The van der Waals surface area contributed by atoms with Gasteiger partial charge in [0.25, 0.3) is 11.8 Å². The van der Waals surface area contributed by atoms with E-state index < -0.39 is 0 Å². The molecule has 0 N–H and O–H groups in total. The minimum Gasteiger partial charge on any atom is -0.335 e. The van der Waals surface area contributed by atoms with Gasteiger partial charge < -0.3 is 9.80 Å². The highest BCUT2D eigenvalue weighted by atomic mass is 35.5. The third kappa shape index (κ3) is 4.33. The molecule has 27 heavy (non-hydrogen) atoms. The second-order valence-corrected chi connectivity index (χ2v) is 8.30. The van der Waals surface area contributed by atoms with Gasteiger partial charge in [-0.15, -0.1) is 0 Å². The number of carbonyl (C=O) groups excluding carboxylic acids is 2. The molecule has 2 aromatic carbocycles. The molecule has 0 radical (unpaired) electrons. The van der Waals surface area contributed by atoms with E-state index in [1.807, 2.05) is 29.2 Å². The third-order valence-electron chi connectivity index (χ3n) is 4.96. The Morgan fingerprint density at radius 2 is 1.33 bits per heavy atom. The Bertz CT molecular complexity index is 832. The van der Waals surface area contributed by atoms with Crippen LogP contribution >= 0.6 is 11.6 Å². The fraction of sp³-hybridized carbons (Fsp3) is 0.364. The highest BCUT2D eigenvalue weighted by Gasteiger charge is 2.26. The smallest absolute Gasteiger partial charge is 0.255 e. The summed E-state index contributed by atoms with van der Waals surface area (Å²) < 4.78 is 0. The maximum atomic E-state index is 12.8. The van der Waals surface area contributed by atoms with Crippen LogP contribution < -0.4 is 0 Å². The van der Waals surface area contributed by atoms with Crippen molar-refractivity contribution in [3.63, 3.8) is 0 Å². The van der Waals surface area contributed by atoms with Crippen LogP contribution in [0, 0.1) is 0 Å². The zero-order chi connectivity index (χ0) is 19.6. The van der Waals surface area contributed by atoms with Gasteiger partial charge in [0.15, 0.2) is 0 Å². The van der Waals surface area contributed by atoms with Crippen LogP contribution in [0.5, 0.6) is 0 Å². The fourth-order valence-electron chi connectivity index (χ4n) is 3.21. The number of halogens is 1. The molecule has 0 unspecified atom stereocenters. The van der Waals surface area contributed by atoms with E-state index in [0.29, 0.717) is 42.3 Å². The summed E-state index contributed by atoms with van der Waals surface area (Å²) in [5.74, 6) is -0.0671. The van der Waals surface area contributed by atoms with Gasteiger partial charge in [0.1, 0.15) is 0 Å². The molecule has 1 saturated heterocycles. The summed E-state index contributed by atoms with van der Waals surface area (Å²) in [6.45, 7) is 8.52. The van der Waals surface area contributed by atoms with Crippen molar-refractivity contribution < 1.29 is 9.59 Å². The molecule has 0 atom stereocenters. The van der Waals surface area contributed by atoms with Crippen molar-refractivity contribution in [1.29, 1.82) is 0 Å². The number of carbonyl (C=O) groups is 2. The van der Waals surface area contributed by atoms with E-state index in [-0.39, 0.29) is 17.2 Å². The first-order valence-electron chi connectivity index (χ1n) is 9.21. The summed E-state index contributed by atoms with van der Waals surface area (Å²) in [6.07, 6.45) is 0. The second-order valence-electron chi connectivity index (χ2n) is 7.89. The maximum absolute atomic E-state index is 12.8. The van der Waals surface area contributed by atoms with Crippen LogP contribution in [0.2, 0.25) is 5.02 Å². The van der Waals surface area contributed by atoms with Crippen LogP contribution in [0.15, 0.2) is 48.5 Å². The lowest BCUT2D eigenvalue weighted by Crippen LogP contribution is -2.50. The van der Waals surface area contributed by atoms with E-state index >= 15 is 0 Å². The van der Waals surface area contributed by atoms with Crippen molar-refractivity contribution in [2.24, 2.45) is 0 Å². The molecule has 3 rings (SSSR count). The van der Waals surface area contributed by atoms with Crippen LogP contribution in [0.3, 0.4) is 0 Å². The Balaban J connectivity index is 1.63. The second kappa shape index (κ2) is 7.73. The molecule has 1 aliphatic heterocycles. The van der Waals surface area contributed by atoms with Crippen molar-refractivity contribution in [1.82, 2.24) is 9.80 Å². The van der Waals surface area contributed by atoms with Crippen molar-refractivity contribution in [3.05, 3.63) is 70.2 Å². The summed E-state index contributed by atoms with van der Waals surface area (Å²) in [7, 11) is 0. The molecule has 2 amide bonds. The molecule has 0 aromatic heterocycles. The third-order valence-corrected chi connectivity index (χ3v) is 5.29. The quantitative estimate of drug-likeness (QED) is 0.777. The SMILES string of the molecule is CC(C)(C)c1ccc(C(=O)N2CCN(C(=O)c3ccccc3Cl)CC2)cc1. The Morgan fingerprint density at radius 1 is 0.815 bits per heavy atom. The number of rotatable bonds is 2. The van der Waals surface area contributed by atoms with Gasteiger partial charge in [-0.1, -0.05) is 56.6 Å². The number of hydrogen-bond acceptors (Lipinski definition) is 2. The van der Waals surface area contributed by atoms with E-state index in [1.54, 1.807) is 29.2 Å². The van der Waals surface area contributed by atoms with Gasteiger partial charge in [-0.3, -0.25) is 9.59 Å². The van der Waals surface area contributed by atoms with Gasteiger partial charge in [-0.2, -0.15) is 0 Å². The first-order valence-corrected chi connectivity index (χ1v) is 9.59. The van der Waals surface area contributed by atoms with Gasteiger partial charge in [0.05, 0.1) is 10.6 Å². The molecule has 1 fully saturated rings. The molecular weight excluding hydrogens is 360 g/mol. The minimum atomic E-state index is -0.0813. The Labute approximate surface area is 165 Å². The minimum absolute atomic E-state index is 0.0142. The largest absolute Gasteiger partial charge is 0.335 e. The molecule has 0 bridgehead atoms. The molecule has 4 nitrogen and oxygen atoms in total.